The summed E-state index contributed by atoms with van der Waals surface area (Å²) in [5.74, 6) is 1.19. The second-order valence-electron chi connectivity index (χ2n) is 6.57. The predicted molar refractivity (Wildman–Crippen MR) is 80.1 cm³/mol. The zero-order chi connectivity index (χ0) is 13.9. The van der Waals surface area contributed by atoms with Crippen LogP contribution < -0.4 is 0 Å². The molecule has 3 heterocycles. The quantitative estimate of drug-likeness (QED) is 0.923. The molecule has 1 N–H and O–H groups in total. The van der Waals surface area contributed by atoms with Crippen LogP contribution in [0.4, 0.5) is 0 Å². The molecule has 0 aliphatic carbocycles. The fraction of sp³-hybridized carbons (Fsp3) is 0.812. The normalized spacial score (nSPS) is 26.2. The van der Waals surface area contributed by atoms with Crippen LogP contribution in [0.5, 0.6) is 0 Å². The highest BCUT2D eigenvalue weighted by molar-refractivity contribution is 5.24. The smallest absolute Gasteiger partial charge is 0.0524 e. The van der Waals surface area contributed by atoms with Crippen molar-refractivity contribution in [3.63, 3.8) is 0 Å². The lowest BCUT2D eigenvalue weighted by Crippen LogP contribution is -2.44. The Hall–Kier alpha value is -0.870. The Morgan fingerprint density at radius 1 is 1.30 bits per heavy atom. The molecule has 0 unspecified atom stereocenters. The van der Waals surface area contributed by atoms with Gasteiger partial charge in [-0.2, -0.15) is 5.10 Å². The fourth-order valence-corrected chi connectivity index (χ4v) is 3.72. The number of piperidine rings is 1. The van der Waals surface area contributed by atoms with Crippen LogP contribution in [0, 0.1) is 0 Å². The van der Waals surface area contributed by atoms with E-state index in [1.807, 2.05) is 6.20 Å². The molecular weight excluding hydrogens is 250 g/mol. The van der Waals surface area contributed by atoms with E-state index in [0.717, 1.165) is 19.3 Å². The van der Waals surface area contributed by atoms with Gasteiger partial charge in [-0.15, -0.1) is 0 Å². The lowest BCUT2D eigenvalue weighted by Gasteiger charge is -2.40. The summed E-state index contributed by atoms with van der Waals surface area (Å²) < 4.78 is 5.50. The van der Waals surface area contributed by atoms with Crippen LogP contribution in [0.1, 0.15) is 62.6 Å². The van der Waals surface area contributed by atoms with Crippen LogP contribution in [0.3, 0.4) is 0 Å². The van der Waals surface area contributed by atoms with Gasteiger partial charge in [-0.25, -0.2) is 0 Å². The third-order valence-electron chi connectivity index (χ3n) is 4.89. The first-order valence-electron chi connectivity index (χ1n) is 8.10. The van der Waals surface area contributed by atoms with E-state index in [1.165, 1.54) is 50.0 Å². The third kappa shape index (κ3) is 2.91. The van der Waals surface area contributed by atoms with Crippen molar-refractivity contribution < 1.29 is 4.74 Å². The molecule has 0 saturated carbocycles. The van der Waals surface area contributed by atoms with Gasteiger partial charge in [-0.3, -0.25) is 10.00 Å². The topological polar surface area (TPSA) is 41.2 Å². The summed E-state index contributed by atoms with van der Waals surface area (Å²) in [5, 5.41) is 7.57. The molecule has 0 aromatic carbocycles. The Bertz CT molecular complexity index is 423. The van der Waals surface area contributed by atoms with Gasteiger partial charge in [-0.05, 0) is 43.7 Å². The van der Waals surface area contributed by atoms with Crippen molar-refractivity contribution in [2.24, 2.45) is 0 Å². The zero-order valence-corrected chi connectivity index (χ0v) is 12.8. The molecule has 0 bridgehead atoms. The maximum Gasteiger partial charge on any atom is 0.0524 e. The van der Waals surface area contributed by atoms with Crippen LogP contribution in [0.15, 0.2) is 6.20 Å². The summed E-state index contributed by atoms with van der Waals surface area (Å²) in [6.07, 6.45) is 7.02. The highest BCUT2D eigenvalue weighted by atomic mass is 16.5. The second kappa shape index (κ2) is 6.27. The number of aromatic amines is 1. The van der Waals surface area contributed by atoms with Crippen molar-refractivity contribution in [1.82, 2.24) is 15.1 Å². The number of aromatic nitrogens is 2. The van der Waals surface area contributed by atoms with Gasteiger partial charge in [0.2, 0.25) is 0 Å². The lowest BCUT2D eigenvalue weighted by atomic mass is 9.88. The maximum absolute atomic E-state index is 5.50. The molecule has 1 aromatic rings. The number of nitrogens with zero attached hydrogens (tertiary/aromatic N) is 2. The number of hydrogen-bond donors (Lipinski definition) is 1. The molecule has 1 atom stereocenters. The summed E-state index contributed by atoms with van der Waals surface area (Å²) in [5.41, 5.74) is 2.79. The Labute approximate surface area is 121 Å². The number of H-pyrrole nitrogens is 1. The average molecular weight is 277 g/mol. The predicted octanol–water partition coefficient (Wildman–Crippen LogP) is 2.89. The van der Waals surface area contributed by atoms with Crippen molar-refractivity contribution in [3.8, 4) is 0 Å². The average Bonchev–Trinajstić information content (AvgIpc) is 2.98. The number of nitrogens with one attached hydrogen (secondary N) is 1. The van der Waals surface area contributed by atoms with Crippen LogP contribution in [-0.2, 0) is 4.74 Å². The van der Waals surface area contributed by atoms with E-state index in [9.17, 15) is 0 Å². The first-order valence-corrected chi connectivity index (χ1v) is 8.10. The molecular formula is C16H27N3O. The van der Waals surface area contributed by atoms with Crippen molar-refractivity contribution in [2.75, 3.05) is 26.3 Å². The van der Waals surface area contributed by atoms with Crippen LogP contribution >= 0.6 is 0 Å². The molecule has 0 radical (unpaired) electrons. The fourth-order valence-electron chi connectivity index (χ4n) is 3.72. The minimum absolute atomic E-state index is 0.558. The van der Waals surface area contributed by atoms with Gasteiger partial charge in [0, 0.05) is 37.4 Å². The second-order valence-corrected chi connectivity index (χ2v) is 6.57. The summed E-state index contributed by atoms with van der Waals surface area (Å²) in [6.45, 7) is 8.83. The van der Waals surface area contributed by atoms with E-state index in [0.29, 0.717) is 11.8 Å². The van der Waals surface area contributed by atoms with Gasteiger partial charge in [-0.1, -0.05) is 13.8 Å². The van der Waals surface area contributed by atoms with Crippen molar-refractivity contribution in [3.05, 3.63) is 17.5 Å². The van der Waals surface area contributed by atoms with E-state index >= 15 is 0 Å². The van der Waals surface area contributed by atoms with E-state index in [1.54, 1.807) is 0 Å². The van der Waals surface area contributed by atoms with Crippen LogP contribution in [-0.4, -0.2) is 47.4 Å². The highest BCUT2D eigenvalue weighted by Crippen LogP contribution is 2.32. The van der Waals surface area contributed by atoms with E-state index in [-0.39, 0.29) is 0 Å². The van der Waals surface area contributed by atoms with Gasteiger partial charge < -0.3 is 4.74 Å². The van der Waals surface area contributed by atoms with Crippen molar-refractivity contribution in [2.45, 2.75) is 57.4 Å². The van der Waals surface area contributed by atoms with E-state index in [2.05, 4.69) is 28.9 Å². The Balaban J connectivity index is 1.69. The molecule has 4 nitrogen and oxygen atoms in total. The number of ether oxygens (including phenoxy) is 1. The molecule has 0 spiro atoms. The SMILES string of the molecule is CC(C)c1cn[nH]c1[C@H]1CCCN(C2CCOCC2)C1. The van der Waals surface area contributed by atoms with Crippen LogP contribution in [0.2, 0.25) is 0 Å². The third-order valence-corrected chi connectivity index (χ3v) is 4.89. The minimum atomic E-state index is 0.558. The first kappa shape index (κ1) is 14.1. The van der Waals surface area contributed by atoms with Gasteiger partial charge in [0.05, 0.1) is 6.20 Å². The minimum Gasteiger partial charge on any atom is -0.381 e. The molecule has 112 valence electrons. The Morgan fingerprint density at radius 2 is 2.10 bits per heavy atom. The summed E-state index contributed by atoms with van der Waals surface area (Å²) >= 11 is 0. The standard InChI is InChI=1S/C16H27N3O/c1-12(2)15-10-17-18-16(15)13-4-3-7-19(11-13)14-5-8-20-9-6-14/h10,12-14H,3-9,11H2,1-2H3,(H,17,18)/t13-/m0/s1. The largest absolute Gasteiger partial charge is 0.381 e. The first-order chi connectivity index (χ1) is 9.75. The molecule has 2 aliphatic heterocycles. The van der Waals surface area contributed by atoms with Gasteiger partial charge in [0.1, 0.15) is 0 Å². The molecule has 2 saturated heterocycles. The number of hydrogen-bond acceptors (Lipinski definition) is 3. The highest BCUT2D eigenvalue weighted by Gasteiger charge is 2.29. The molecule has 3 rings (SSSR count). The molecule has 0 amide bonds. The number of rotatable bonds is 3. The molecule has 2 fully saturated rings. The van der Waals surface area contributed by atoms with Crippen LogP contribution in [0.25, 0.3) is 0 Å². The maximum atomic E-state index is 5.50. The van der Waals surface area contributed by atoms with Gasteiger partial charge in [0.25, 0.3) is 0 Å². The lowest BCUT2D eigenvalue weighted by molar-refractivity contribution is 0.0237. The monoisotopic (exact) mass is 277 g/mol. The Kier molecular flexibility index (Phi) is 4.41. The summed E-state index contributed by atoms with van der Waals surface area (Å²) in [6, 6.07) is 0.733. The van der Waals surface area contributed by atoms with Crippen molar-refractivity contribution in [1.29, 1.82) is 0 Å². The van der Waals surface area contributed by atoms with Gasteiger partial charge >= 0.3 is 0 Å². The molecule has 1 aromatic heterocycles. The molecule has 20 heavy (non-hydrogen) atoms. The summed E-state index contributed by atoms with van der Waals surface area (Å²) in [7, 11) is 0. The van der Waals surface area contributed by atoms with E-state index < -0.39 is 0 Å². The van der Waals surface area contributed by atoms with E-state index in [4.69, 9.17) is 4.74 Å². The number of likely N-dealkylation sites (tertiary alicyclic amines) is 1. The zero-order valence-electron chi connectivity index (χ0n) is 12.8. The van der Waals surface area contributed by atoms with Crippen molar-refractivity contribution >= 4 is 0 Å². The summed E-state index contributed by atoms with van der Waals surface area (Å²) in [4.78, 5) is 2.70. The van der Waals surface area contributed by atoms with Gasteiger partial charge in [0.15, 0.2) is 0 Å². The molecule has 4 heteroatoms. The Morgan fingerprint density at radius 3 is 2.85 bits per heavy atom. The molecule has 2 aliphatic rings.